The van der Waals surface area contributed by atoms with Crippen LogP contribution in [0.15, 0.2) is 12.1 Å². The molecule has 7 nitrogen and oxygen atoms in total. The van der Waals surface area contributed by atoms with Crippen LogP contribution in [0, 0.1) is 0 Å². The Balaban J connectivity index is 3.17. The third kappa shape index (κ3) is 6.89. The van der Waals surface area contributed by atoms with Gasteiger partial charge in [0, 0.05) is 18.8 Å². The van der Waals surface area contributed by atoms with Gasteiger partial charge in [0.05, 0.1) is 16.4 Å². The Kier molecular flexibility index (Phi) is 8.67. The molecule has 0 aliphatic carbocycles. The van der Waals surface area contributed by atoms with Gasteiger partial charge in [-0.05, 0) is 57.3 Å². The highest BCUT2D eigenvalue weighted by Gasteiger charge is 2.15. The zero-order valence-corrected chi connectivity index (χ0v) is 16.6. The third-order valence-electron chi connectivity index (χ3n) is 3.00. The van der Waals surface area contributed by atoms with E-state index in [0.717, 1.165) is 0 Å². The monoisotopic (exact) mass is 403 g/mol. The van der Waals surface area contributed by atoms with E-state index in [-0.39, 0.29) is 0 Å². The van der Waals surface area contributed by atoms with Gasteiger partial charge in [-0.15, -0.1) is 0 Å². The molecule has 0 saturated carbocycles. The Bertz CT molecular complexity index is 616. The van der Waals surface area contributed by atoms with E-state index in [1.807, 2.05) is 13.8 Å². The molecule has 25 heavy (non-hydrogen) atoms. The van der Waals surface area contributed by atoms with Gasteiger partial charge in [-0.2, -0.15) is 0 Å². The maximum atomic E-state index is 11.1. The van der Waals surface area contributed by atoms with Gasteiger partial charge in [0.1, 0.15) is 6.04 Å². The summed E-state index contributed by atoms with van der Waals surface area (Å²) in [6, 6.07) is 2.60. The summed E-state index contributed by atoms with van der Waals surface area (Å²) in [4.78, 5) is 11.1. The predicted molar refractivity (Wildman–Crippen MR) is 112 cm³/mol. The zero-order chi connectivity index (χ0) is 19.0. The maximum absolute atomic E-state index is 11.1. The van der Waals surface area contributed by atoms with Gasteiger partial charge in [-0.1, -0.05) is 11.6 Å². The lowest BCUT2D eigenvalue weighted by Crippen LogP contribution is -2.30. The molecule has 0 aromatic heterocycles. The van der Waals surface area contributed by atoms with Crippen LogP contribution in [0.1, 0.15) is 20.8 Å². The third-order valence-corrected chi connectivity index (χ3v) is 3.90. The Morgan fingerprint density at radius 2 is 1.56 bits per heavy atom. The first-order valence-corrected chi connectivity index (χ1v) is 8.90. The lowest BCUT2D eigenvalue weighted by atomic mass is 10.2. The second-order valence-electron chi connectivity index (χ2n) is 5.06. The van der Waals surface area contributed by atoms with Crippen LogP contribution in [0.25, 0.3) is 0 Å². The molecule has 0 spiro atoms. The molecule has 0 fully saturated rings. The second-order valence-corrected chi connectivity index (χ2v) is 6.25. The summed E-state index contributed by atoms with van der Waals surface area (Å²) in [7, 11) is 0. The Hall–Kier alpha value is -1.84. The van der Waals surface area contributed by atoms with Crippen molar-refractivity contribution in [3.8, 4) is 0 Å². The van der Waals surface area contributed by atoms with Crippen LogP contribution in [0.2, 0.25) is 5.02 Å². The van der Waals surface area contributed by atoms with Crippen LogP contribution in [0.3, 0.4) is 0 Å². The van der Waals surface area contributed by atoms with Gasteiger partial charge in [0.25, 0.3) is 0 Å². The minimum Gasteiger partial charge on any atom is -0.480 e. The molecule has 0 aliphatic rings. The number of aliphatic carboxylic acids is 1. The first-order chi connectivity index (χ1) is 11.8. The van der Waals surface area contributed by atoms with Gasteiger partial charge >= 0.3 is 5.97 Å². The van der Waals surface area contributed by atoms with Gasteiger partial charge in [0.2, 0.25) is 0 Å². The number of hydrogen-bond donors (Lipinski definition) is 6. The van der Waals surface area contributed by atoms with E-state index >= 15 is 0 Å². The number of anilines is 3. The number of hydrogen-bond acceptors (Lipinski definition) is 4. The lowest BCUT2D eigenvalue weighted by Gasteiger charge is -2.19. The maximum Gasteiger partial charge on any atom is 0.325 e. The first-order valence-electron chi connectivity index (χ1n) is 7.71. The van der Waals surface area contributed by atoms with Crippen LogP contribution < -0.4 is 26.6 Å². The van der Waals surface area contributed by atoms with Gasteiger partial charge in [0.15, 0.2) is 10.2 Å². The summed E-state index contributed by atoms with van der Waals surface area (Å²) in [5.41, 5.74) is 1.61. The van der Waals surface area contributed by atoms with Crippen molar-refractivity contribution in [1.29, 1.82) is 0 Å². The minimum absolute atomic E-state index is 0.383. The van der Waals surface area contributed by atoms with Crippen molar-refractivity contribution in [2.24, 2.45) is 0 Å². The lowest BCUT2D eigenvalue weighted by molar-refractivity contribution is -0.137. The smallest absolute Gasteiger partial charge is 0.325 e. The standard InChI is InChI=1S/C15H22ClN5O2S2/c1-4-17-14(24)20-10-6-9(19-8(3)13(22)23)7-11(12(10)16)21-15(25)18-5-2/h6-8,19H,4-5H2,1-3H3,(H,22,23)(H2,17,20,24)(H2,18,21,25). The largest absolute Gasteiger partial charge is 0.480 e. The molecule has 1 aromatic rings. The summed E-state index contributed by atoms with van der Waals surface area (Å²) in [5.74, 6) is -0.967. The molecule has 10 heteroatoms. The number of halogens is 1. The van der Waals surface area contributed by atoms with Gasteiger partial charge in [-0.3, -0.25) is 4.79 Å². The number of carboxylic acids is 1. The molecule has 138 valence electrons. The van der Waals surface area contributed by atoms with Crippen molar-refractivity contribution in [1.82, 2.24) is 10.6 Å². The average molecular weight is 404 g/mol. The molecule has 0 radical (unpaired) electrons. The Morgan fingerprint density at radius 1 is 1.12 bits per heavy atom. The summed E-state index contributed by atoms with van der Waals surface area (Å²) < 4.78 is 0. The predicted octanol–water partition coefficient (Wildman–Crippen LogP) is 2.84. The zero-order valence-electron chi connectivity index (χ0n) is 14.2. The van der Waals surface area contributed by atoms with Crippen molar-refractivity contribution >= 4 is 69.3 Å². The highest BCUT2D eigenvalue weighted by molar-refractivity contribution is 7.80. The van der Waals surface area contributed by atoms with E-state index in [1.165, 1.54) is 0 Å². The molecule has 1 unspecified atom stereocenters. The number of benzene rings is 1. The molecular formula is C15H22ClN5O2S2. The fourth-order valence-corrected chi connectivity index (χ4v) is 2.57. The van der Waals surface area contributed by atoms with E-state index in [1.54, 1.807) is 19.1 Å². The quantitative estimate of drug-likeness (QED) is 0.384. The number of rotatable bonds is 7. The van der Waals surface area contributed by atoms with Crippen molar-refractivity contribution in [2.75, 3.05) is 29.0 Å². The number of thiocarbonyl (C=S) groups is 2. The average Bonchev–Trinajstić information content (AvgIpc) is 2.52. The molecular weight excluding hydrogens is 382 g/mol. The summed E-state index contributed by atoms with van der Waals surface area (Å²) in [5, 5.41) is 25.1. The summed E-state index contributed by atoms with van der Waals surface area (Å²) in [6.07, 6.45) is 0. The van der Waals surface area contributed by atoms with Crippen LogP contribution in [-0.2, 0) is 4.79 Å². The molecule has 0 heterocycles. The first kappa shape index (κ1) is 21.2. The number of carbonyl (C=O) groups is 1. The van der Waals surface area contributed by atoms with Crippen molar-refractivity contribution < 1.29 is 9.90 Å². The van der Waals surface area contributed by atoms with E-state index in [9.17, 15) is 4.79 Å². The van der Waals surface area contributed by atoms with Crippen molar-refractivity contribution in [3.63, 3.8) is 0 Å². The molecule has 0 saturated heterocycles. The SMILES string of the molecule is CCNC(=S)Nc1cc(NC(C)C(=O)O)cc(NC(=S)NCC)c1Cl. The van der Waals surface area contributed by atoms with Crippen LogP contribution >= 0.6 is 36.0 Å². The highest BCUT2D eigenvalue weighted by atomic mass is 35.5. The minimum atomic E-state index is -0.967. The Labute approximate surface area is 162 Å². The highest BCUT2D eigenvalue weighted by Crippen LogP contribution is 2.34. The van der Waals surface area contributed by atoms with E-state index in [0.29, 0.717) is 45.4 Å². The fraction of sp³-hybridized carbons (Fsp3) is 0.400. The Morgan fingerprint density at radius 3 is 1.92 bits per heavy atom. The van der Waals surface area contributed by atoms with Crippen molar-refractivity contribution in [2.45, 2.75) is 26.8 Å². The molecule has 1 rings (SSSR count). The van der Waals surface area contributed by atoms with Crippen molar-refractivity contribution in [3.05, 3.63) is 17.2 Å². The summed E-state index contributed by atoms with van der Waals surface area (Å²) in [6.45, 7) is 6.71. The van der Waals surface area contributed by atoms with Crippen LogP contribution in [0.4, 0.5) is 17.1 Å². The van der Waals surface area contributed by atoms with Gasteiger partial charge < -0.3 is 31.7 Å². The fourth-order valence-electron chi connectivity index (χ4n) is 1.86. The molecule has 1 aromatic carbocycles. The molecule has 6 N–H and O–H groups in total. The number of carboxylic acid groups (broad SMARTS) is 1. The number of nitrogens with one attached hydrogen (secondary N) is 5. The van der Waals surface area contributed by atoms with Crippen LogP contribution in [-0.4, -0.2) is 40.4 Å². The molecule has 0 amide bonds. The van der Waals surface area contributed by atoms with E-state index in [4.69, 9.17) is 41.1 Å². The molecule has 0 bridgehead atoms. The normalized spacial score (nSPS) is 11.2. The topological polar surface area (TPSA) is 97.5 Å². The van der Waals surface area contributed by atoms with E-state index in [2.05, 4.69) is 26.6 Å². The molecule has 0 aliphatic heterocycles. The van der Waals surface area contributed by atoms with Gasteiger partial charge in [-0.25, -0.2) is 0 Å². The summed E-state index contributed by atoms with van der Waals surface area (Å²) >= 11 is 16.8. The van der Waals surface area contributed by atoms with E-state index < -0.39 is 12.0 Å². The second kappa shape index (κ2) is 10.2. The molecule has 1 atom stereocenters. The van der Waals surface area contributed by atoms with Crippen LogP contribution in [0.5, 0.6) is 0 Å².